The largest absolute Gasteiger partial charge is 0.394 e. The molecule has 0 heterocycles. The lowest BCUT2D eigenvalue weighted by atomic mass is 10.1. The summed E-state index contributed by atoms with van der Waals surface area (Å²) < 4.78 is 0. The van der Waals surface area contributed by atoms with E-state index in [2.05, 4.69) is 22.8 Å². The molecule has 3 N–H and O–H groups in total. The van der Waals surface area contributed by atoms with Crippen molar-refractivity contribution in [1.29, 1.82) is 0 Å². The van der Waals surface area contributed by atoms with E-state index in [-0.39, 0.29) is 18.7 Å². The van der Waals surface area contributed by atoms with E-state index in [0.29, 0.717) is 6.54 Å². The summed E-state index contributed by atoms with van der Waals surface area (Å²) in [5.41, 5.74) is 0.893. The molecule has 0 aromatic heterocycles. The van der Waals surface area contributed by atoms with Crippen molar-refractivity contribution in [2.45, 2.75) is 17.4 Å². The SMILES string of the molecule is O=C(NCCCSc1ccccc1)N[C@H](CO)c1ccccc1. The minimum absolute atomic E-state index is 0.124. The third-order valence-corrected chi connectivity index (χ3v) is 4.41. The summed E-state index contributed by atoms with van der Waals surface area (Å²) in [6, 6.07) is 19.0. The standard InChI is InChI=1S/C18H22N2O2S/c21-14-17(15-8-3-1-4-9-15)20-18(22)19-12-7-13-23-16-10-5-2-6-11-16/h1-6,8-11,17,21H,7,12-14H2,(H2,19,20,22)/t17-/m1/s1. The number of amides is 2. The fourth-order valence-corrected chi connectivity index (χ4v) is 2.98. The second-order valence-electron chi connectivity index (χ2n) is 5.06. The number of nitrogens with one attached hydrogen (secondary N) is 2. The molecule has 2 aromatic rings. The Morgan fingerprint density at radius 3 is 2.35 bits per heavy atom. The first-order valence-electron chi connectivity index (χ1n) is 7.67. The van der Waals surface area contributed by atoms with Crippen LogP contribution in [0.25, 0.3) is 0 Å². The van der Waals surface area contributed by atoms with Crippen LogP contribution in [0.2, 0.25) is 0 Å². The van der Waals surface area contributed by atoms with Crippen LogP contribution in [-0.4, -0.2) is 30.0 Å². The van der Waals surface area contributed by atoms with Crippen LogP contribution in [0.5, 0.6) is 0 Å². The Labute approximate surface area is 141 Å². The Hall–Kier alpha value is -1.98. The molecular weight excluding hydrogens is 308 g/mol. The molecule has 2 amide bonds. The molecule has 0 radical (unpaired) electrons. The van der Waals surface area contributed by atoms with Crippen LogP contribution >= 0.6 is 11.8 Å². The molecule has 2 rings (SSSR count). The fraction of sp³-hybridized carbons (Fsp3) is 0.278. The van der Waals surface area contributed by atoms with Crippen LogP contribution in [-0.2, 0) is 0 Å². The quantitative estimate of drug-likeness (QED) is 0.514. The molecule has 1 atom stereocenters. The van der Waals surface area contributed by atoms with Crippen molar-refractivity contribution in [1.82, 2.24) is 10.6 Å². The third kappa shape index (κ3) is 6.34. The highest BCUT2D eigenvalue weighted by Gasteiger charge is 2.12. The Bertz CT molecular complexity index is 578. The summed E-state index contributed by atoms with van der Waals surface area (Å²) in [4.78, 5) is 13.1. The number of rotatable bonds is 8. The highest BCUT2D eigenvalue weighted by Crippen LogP contribution is 2.17. The third-order valence-electron chi connectivity index (χ3n) is 3.31. The number of aliphatic hydroxyl groups excluding tert-OH is 1. The van der Waals surface area contributed by atoms with Crippen molar-refractivity contribution >= 4 is 17.8 Å². The molecule has 0 unspecified atom stereocenters. The number of carbonyl (C=O) groups is 1. The van der Waals surface area contributed by atoms with E-state index in [4.69, 9.17) is 0 Å². The van der Waals surface area contributed by atoms with Gasteiger partial charge in [0.1, 0.15) is 0 Å². The van der Waals surface area contributed by atoms with Gasteiger partial charge in [-0.3, -0.25) is 0 Å². The van der Waals surface area contributed by atoms with Crippen molar-refractivity contribution in [3.8, 4) is 0 Å². The predicted octanol–water partition coefficient (Wildman–Crippen LogP) is 3.20. The maximum Gasteiger partial charge on any atom is 0.315 e. The average Bonchev–Trinajstić information content (AvgIpc) is 2.61. The van der Waals surface area contributed by atoms with Crippen LogP contribution in [0.1, 0.15) is 18.0 Å². The zero-order valence-electron chi connectivity index (χ0n) is 12.9. The summed E-state index contributed by atoms with van der Waals surface area (Å²) in [6.07, 6.45) is 0.891. The number of thioether (sulfide) groups is 1. The first-order chi connectivity index (χ1) is 11.3. The maximum absolute atomic E-state index is 11.9. The lowest BCUT2D eigenvalue weighted by molar-refractivity contribution is 0.217. The fourth-order valence-electron chi connectivity index (χ4n) is 2.11. The molecule has 122 valence electrons. The summed E-state index contributed by atoms with van der Waals surface area (Å²) in [7, 11) is 0. The monoisotopic (exact) mass is 330 g/mol. The van der Waals surface area contributed by atoms with Crippen LogP contribution in [0.3, 0.4) is 0 Å². The Balaban J connectivity index is 1.64. The van der Waals surface area contributed by atoms with Gasteiger partial charge < -0.3 is 15.7 Å². The molecule has 0 aliphatic carbocycles. The smallest absolute Gasteiger partial charge is 0.315 e. The van der Waals surface area contributed by atoms with Gasteiger partial charge in [0.15, 0.2) is 0 Å². The van der Waals surface area contributed by atoms with Crippen molar-refractivity contribution in [3.63, 3.8) is 0 Å². The molecule has 0 spiro atoms. The van der Waals surface area contributed by atoms with Crippen LogP contribution < -0.4 is 10.6 Å². The molecule has 0 bridgehead atoms. The second-order valence-corrected chi connectivity index (χ2v) is 6.23. The summed E-state index contributed by atoms with van der Waals surface area (Å²) >= 11 is 1.78. The Kier molecular flexibility index (Phi) is 7.49. The number of hydrogen-bond donors (Lipinski definition) is 3. The zero-order valence-corrected chi connectivity index (χ0v) is 13.8. The van der Waals surface area contributed by atoms with E-state index < -0.39 is 0 Å². The van der Waals surface area contributed by atoms with Crippen LogP contribution in [0.15, 0.2) is 65.6 Å². The van der Waals surface area contributed by atoms with Gasteiger partial charge in [0.25, 0.3) is 0 Å². The molecule has 5 heteroatoms. The molecule has 4 nitrogen and oxygen atoms in total. The molecule has 0 saturated heterocycles. The maximum atomic E-state index is 11.9. The van der Waals surface area contributed by atoms with Crippen molar-refractivity contribution in [2.75, 3.05) is 18.9 Å². The van der Waals surface area contributed by atoms with E-state index in [1.807, 2.05) is 48.5 Å². The lowest BCUT2D eigenvalue weighted by Gasteiger charge is -2.17. The van der Waals surface area contributed by atoms with Crippen LogP contribution in [0.4, 0.5) is 4.79 Å². The molecule has 0 aliphatic rings. The van der Waals surface area contributed by atoms with Crippen molar-refractivity contribution < 1.29 is 9.90 Å². The van der Waals surface area contributed by atoms with Gasteiger partial charge in [0, 0.05) is 11.4 Å². The van der Waals surface area contributed by atoms with E-state index >= 15 is 0 Å². The molecule has 2 aromatic carbocycles. The molecule has 23 heavy (non-hydrogen) atoms. The van der Waals surface area contributed by atoms with Crippen molar-refractivity contribution in [3.05, 3.63) is 66.2 Å². The van der Waals surface area contributed by atoms with E-state index in [1.54, 1.807) is 11.8 Å². The van der Waals surface area contributed by atoms with Gasteiger partial charge in [0.05, 0.1) is 12.6 Å². The van der Waals surface area contributed by atoms with Gasteiger partial charge in [-0.15, -0.1) is 11.8 Å². The first kappa shape index (κ1) is 17.4. The number of benzene rings is 2. The highest BCUT2D eigenvalue weighted by atomic mass is 32.2. The van der Waals surface area contributed by atoms with Gasteiger partial charge in [-0.1, -0.05) is 48.5 Å². The van der Waals surface area contributed by atoms with Gasteiger partial charge in [0.2, 0.25) is 0 Å². The summed E-state index contributed by atoms with van der Waals surface area (Å²) in [6.45, 7) is 0.486. The van der Waals surface area contributed by atoms with Crippen molar-refractivity contribution in [2.24, 2.45) is 0 Å². The van der Waals surface area contributed by atoms with Gasteiger partial charge in [-0.2, -0.15) is 0 Å². The molecule has 0 aliphatic heterocycles. The Morgan fingerprint density at radius 1 is 1.04 bits per heavy atom. The first-order valence-corrected chi connectivity index (χ1v) is 8.66. The van der Waals surface area contributed by atoms with Gasteiger partial charge in [-0.05, 0) is 29.9 Å². The topological polar surface area (TPSA) is 61.4 Å². The predicted molar refractivity (Wildman–Crippen MR) is 94.6 cm³/mol. The normalized spacial score (nSPS) is 11.7. The van der Waals surface area contributed by atoms with Crippen LogP contribution in [0, 0.1) is 0 Å². The molecular formula is C18H22N2O2S. The average molecular weight is 330 g/mol. The summed E-state index contributed by atoms with van der Waals surface area (Å²) in [5.74, 6) is 0.951. The number of hydrogen-bond acceptors (Lipinski definition) is 3. The summed E-state index contributed by atoms with van der Waals surface area (Å²) in [5, 5.41) is 15.0. The minimum atomic E-state index is -0.380. The number of urea groups is 1. The van der Waals surface area contributed by atoms with E-state index in [0.717, 1.165) is 17.7 Å². The zero-order chi connectivity index (χ0) is 16.3. The Morgan fingerprint density at radius 2 is 1.70 bits per heavy atom. The number of aliphatic hydroxyl groups is 1. The molecule has 0 fully saturated rings. The molecule has 0 saturated carbocycles. The van der Waals surface area contributed by atoms with Gasteiger partial charge in [-0.25, -0.2) is 4.79 Å². The minimum Gasteiger partial charge on any atom is -0.394 e. The van der Waals surface area contributed by atoms with E-state index in [1.165, 1.54) is 4.90 Å². The second kappa shape index (κ2) is 9.92. The number of carbonyl (C=O) groups excluding carboxylic acids is 1. The lowest BCUT2D eigenvalue weighted by Crippen LogP contribution is -2.39. The highest BCUT2D eigenvalue weighted by molar-refractivity contribution is 7.99. The van der Waals surface area contributed by atoms with E-state index in [9.17, 15) is 9.90 Å². The van der Waals surface area contributed by atoms with Gasteiger partial charge >= 0.3 is 6.03 Å².